The Morgan fingerprint density at radius 2 is 1.96 bits per heavy atom. The highest BCUT2D eigenvalue weighted by Crippen LogP contribution is 2.33. The van der Waals surface area contributed by atoms with Gasteiger partial charge in [0.2, 0.25) is 0 Å². The number of aromatic nitrogens is 1. The van der Waals surface area contributed by atoms with E-state index in [9.17, 15) is 4.79 Å². The van der Waals surface area contributed by atoms with Gasteiger partial charge in [-0.05, 0) is 49.6 Å². The molecule has 1 aromatic heterocycles. The van der Waals surface area contributed by atoms with E-state index in [0.717, 1.165) is 25.1 Å². The third kappa shape index (κ3) is 3.69. The molecule has 1 aliphatic rings. The lowest BCUT2D eigenvalue weighted by atomic mass is 10.0. The van der Waals surface area contributed by atoms with Gasteiger partial charge in [0, 0.05) is 18.4 Å². The van der Waals surface area contributed by atoms with E-state index in [1.165, 1.54) is 11.3 Å². The summed E-state index contributed by atoms with van der Waals surface area (Å²) < 4.78 is 5.59. The van der Waals surface area contributed by atoms with Crippen molar-refractivity contribution in [1.82, 2.24) is 4.98 Å². The molecule has 0 fully saturated rings. The molecule has 0 atom stereocenters. The first kappa shape index (κ1) is 18.0. The maximum absolute atomic E-state index is 12.8. The molecule has 0 aliphatic carbocycles. The Bertz CT molecular complexity index is 987. The number of rotatable bonds is 5. The summed E-state index contributed by atoms with van der Waals surface area (Å²) >= 11 is 0. The van der Waals surface area contributed by atoms with Crippen LogP contribution in [0.1, 0.15) is 29.3 Å². The summed E-state index contributed by atoms with van der Waals surface area (Å²) in [6, 6.07) is 17.7. The van der Waals surface area contributed by atoms with Crippen molar-refractivity contribution >= 4 is 23.0 Å². The van der Waals surface area contributed by atoms with Gasteiger partial charge in [-0.3, -0.25) is 9.78 Å². The normalized spacial score (nSPS) is 13.0. The molecule has 0 bridgehead atoms. The maximum atomic E-state index is 12.8. The molecule has 2 aromatic carbocycles. The molecule has 5 heteroatoms. The number of carbonyl (C=O) groups excluding carboxylic acids is 1. The van der Waals surface area contributed by atoms with Crippen LogP contribution in [0.4, 0.5) is 17.1 Å². The number of amides is 1. The van der Waals surface area contributed by atoms with Crippen LogP contribution in [-0.2, 0) is 6.42 Å². The Balaban J connectivity index is 1.59. The van der Waals surface area contributed by atoms with Crippen molar-refractivity contribution in [3.63, 3.8) is 0 Å². The average molecular weight is 373 g/mol. The molecule has 0 saturated heterocycles. The summed E-state index contributed by atoms with van der Waals surface area (Å²) in [7, 11) is 0. The van der Waals surface area contributed by atoms with Gasteiger partial charge in [-0.1, -0.05) is 30.3 Å². The van der Waals surface area contributed by atoms with Crippen LogP contribution in [0.3, 0.4) is 0 Å². The van der Waals surface area contributed by atoms with E-state index in [1.807, 2.05) is 49.5 Å². The fraction of sp³-hybridized carbons (Fsp3) is 0.217. The summed E-state index contributed by atoms with van der Waals surface area (Å²) in [6.07, 6.45) is 5.56. The van der Waals surface area contributed by atoms with E-state index in [1.54, 1.807) is 6.20 Å². The van der Waals surface area contributed by atoms with E-state index >= 15 is 0 Å². The monoisotopic (exact) mass is 373 g/mol. The summed E-state index contributed by atoms with van der Waals surface area (Å²) in [5.41, 5.74) is 4.62. The zero-order chi connectivity index (χ0) is 19.3. The van der Waals surface area contributed by atoms with Crippen molar-refractivity contribution in [2.75, 3.05) is 23.4 Å². The van der Waals surface area contributed by atoms with Crippen molar-refractivity contribution in [1.29, 1.82) is 0 Å². The number of fused-ring (bicyclic) bond motifs is 1. The average Bonchev–Trinajstić information content (AvgIpc) is 2.75. The molecular weight excluding hydrogens is 350 g/mol. The number of aryl methyl sites for hydroxylation is 1. The number of ether oxygens (including phenoxy) is 1. The molecule has 28 heavy (non-hydrogen) atoms. The molecule has 0 radical (unpaired) electrons. The molecule has 0 unspecified atom stereocenters. The number of hydrogen-bond acceptors (Lipinski definition) is 4. The Hall–Kier alpha value is -3.34. The van der Waals surface area contributed by atoms with Gasteiger partial charge < -0.3 is 15.0 Å². The van der Waals surface area contributed by atoms with Gasteiger partial charge in [0.05, 0.1) is 29.7 Å². The summed E-state index contributed by atoms with van der Waals surface area (Å²) in [5, 5.41) is 2.94. The highest BCUT2D eigenvalue weighted by molar-refractivity contribution is 6.05. The lowest BCUT2D eigenvalue weighted by Crippen LogP contribution is -2.25. The van der Waals surface area contributed by atoms with Crippen molar-refractivity contribution in [2.45, 2.75) is 19.8 Å². The molecular formula is C23H23N3O2. The quantitative estimate of drug-likeness (QED) is 0.697. The van der Waals surface area contributed by atoms with Crippen molar-refractivity contribution < 1.29 is 9.53 Å². The van der Waals surface area contributed by atoms with Gasteiger partial charge in [0.1, 0.15) is 5.75 Å². The number of anilines is 3. The third-order valence-corrected chi connectivity index (χ3v) is 4.84. The highest BCUT2D eigenvalue weighted by Gasteiger charge is 2.19. The molecule has 1 aliphatic heterocycles. The molecule has 4 rings (SSSR count). The van der Waals surface area contributed by atoms with Crippen LogP contribution in [0, 0.1) is 0 Å². The SMILES string of the molecule is CCOc1ccccc1NC(=O)c1cncc(N2CCCc3ccccc32)c1. The van der Waals surface area contributed by atoms with E-state index < -0.39 is 0 Å². The molecule has 5 nitrogen and oxygen atoms in total. The lowest BCUT2D eigenvalue weighted by molar-refractivity contribution is 0.102. The molecule has 142 valence electrons. The maximum Gasteiger partial charge on any atom is 0.257 e. The number of para-hydroxylation sites is 3. The summed E-state index contributed by atoms with van der Waals surface area (Å²) in [4.78, 5) is 19.4. The first-order chi connectivity index (χ1) is 13.8. The zero-order valence-corrected chi connectivity index (χ0v) is 15.9. The van der Waals surface area contributed by atoms with Gasteiger partial charge in [-0.15, -0.1) is 0 Å². The predicted octanol–water partition coefficient (Wildman–Crippen LogP) is 4.82. The van der Waals surface area contributed by atoms with Crippen LogP contribution in [0.15, 0.2) is 67.0 Å². The van der Waals surface area contributed by atoms with Gasteiger partial charge in [0.25, 0.3) is 5.91 Å². The Labute approximate surface area is 165 Å². The molecule has 1 amide bonds. The predicted molar refractivity (Wildman–Crippen MR) is 112 cm³/mol. The Morgan fingerprint density at radius 1 is 1.14 bits per heavy atom. The second-order valence-electron chi connectivity index (χ2n) is 6.70. The fourth-order valence-corrected chi connectivity index (χ4v) is 3.55. The van der Waals surface area contributed by atoms with E-state index in [0.29, 0.717) is 23.6 Å². The second kappa shape index (κ2) is 8.13. The first-order valence-electron chi connectivity index (χ1n) is 9.60. The topological polar surface area (TPSA) is 54.5 Å². The van der Waals surface area contributed by atoms with Crippen molar-refractivity contribution in [3.05, 3.63) is 78.1 Å². The third-order valence-electron chi connectivity index (χ3n) is 4.84. The molecule has 0 saturated carbocycles. The van der Waals surface area contributed by atoms with Crippen LogP contribution < -0.4 is 15.0 Å². The molecule has 1 N–H and O–H groups in total. The first-order valence-corrected chi connectivity index (χ1v) is 9.60. The van der Waals surface area contributed by atoms with Crippen LogP contribution in [-0.4, -0.2) is 24.0 Å². The summed E-state index contributed by atoms with van der Waals surface area (Å²) in [5.74, 6) is 0.458. The fourth-order valence-electron chi connectivity index (χ4n) is 3.55. The van der Waals surface area contributed by atoms with Crippen molar-refractivity contribution in [3.8, 4) is 5.75 Å². The molecule has 2 heterocycles. The Kier molecular flexibility index (Phi) is 5.24. The van der Waals surface area contributed by atoms with Gasteiger partial charge >= 0.3 is 0 Å². The number of nitrogens with zero attached hydrogens (tertiary/aromatic N) is 2. The number of pyridine rings is 1. The smallest absolute Gasteiger partial charge is 0.257 e. The van der Waals surface area contributed by atoms with Crippen LogP contribution in [0.2, 0.25) is 0 Å². The minimum atomic E-state index is -0.202. The zero-order valence-electron chi connectivity index (χ0n) is 15.9. The van der Waals surface area contributed by atoms with Crippen molar-refractivity contribution in [2.24, 2.45) is 0 Å². The van der Waals surface area contributed by atoms with Crippen LogP contribution in [0.5, 0.6) is 5.75 Å². The Morgan fingerprint density at radius 3 is 2.86 bits per heavy atom. The second-order valence-corrected chi connectivity index (χ2v) is 6.70. The van der Waals surface area contributed by atoms with E-state index in [-0.39, 0.29) is 5.91 Å². The number of hydrogen-bond donors (Lipinski definition) is 1. The molecule has 0 spiro atoms. The number of carbonyl (C=O) groups is 1. The van der Waals surface area contributed by atoms with Crippen LogP contribution >= 0.6 is 0 Å². The minimum absolute atomic E-state index is 0.202. The van der Waals surface area contributed by atoms with Gasteiger partial charge in [-0.2, -0.15) is 0 Å². The standard InChI is InChI=1S/C23H23N3O2/c1-2-28-22-12-6-4-10-20(22)25-23(27)18-14-19(16-24-15-18)26-13-7-9-17-8-3-5-11-21(17)26/h3-6,8,10-12,14-16H,2,7,9,13H2,1H3,(H,25,27). The van der Waals surface area contributed by atoms with Gasteiger partial charge in [-0.25, -0.2) is 0 Å². The highest BCUT2D eigenvalue weighted by atomic mass is 16.5. The molecule has 3 aromatic rings. The lowest BCUT2D eigenvalue weighted by Gasteiger charge is -2.31. The van der Waals surface area contributed by atoms with E-state index in [4.69, 9.17) is 4.74 Å². The largest absolute Gasteiger partial charge is 0.492 e. The number of nitrogens with one attached hydrogen (secondary N) is 1. The minimum Gasteiger partial charge on any atom is -0.492 e. The van der Waals surface area contributed by atoms with Gasteiger partial charge in [0.15, 0.2) is 0 Å². The number of benzene rings is 2. The van der Waals surface area contributed by atoms with E-state index in [2.05, 4.69) is 33.4 Å². The summed E-state index contributed by atoms with van der Waals surface area (Å²) in [6.45, 7) is 3.37. The van der Waals surface area contributed by atoms with Crippen LogP contribution in [0.25, 0.3) is 0 Å².